The molecule has 0 amide bonds. The number of imidazole rings is 1. The molecule has 0 bridgehead atoms. The summed E-state index contributed by atoms with van der Waals surface area (Å²) in [5.74, 6) is 1.50. The topological polar surface area (TPSA) is 59.4 Å². The summed E-state index contributed by atoms with van der Waals surface area (Å²) in [5.41, 5.74) is 7.24. The molecule has 6 heteroatoms. The summed E-state index contributed by atoms with van der Waals surface area (Å²) in [6.45, 7) is 7.18. The van der Waals surface area contributed by atoms with Gasteiger partial charge in [-0.2, -0.15) is 0 Å². The monoisotopic (exact) mass is 413 g/mol. The lowest BCUT2D eigenvalue weighted by Crippen LogP contribution is -2.37. The first-order valence-corrected chi connectivity index (χ1v) is 7.33. The number of nitrogens with two attached hydrogens (primary N) is 1. The zero-order valence-corrected chi connectivity index (χ0v) is 15.5. The van der Waals surface area contributed by atoms with Gasteiger partial charge in [-0.05, 0) is 19.4 Å². The number of nitrogens with zero attached hydrogens (tertiary/aromatic N) is 4. The zero-order chi connectivity index (χ0) is 15.1. The lowest BCUT2D eigenvalue weighted by atomic mass is 10.2. The first kappa shape index (κ1) is 18.5. The van der Waals surface area contributed by atoms with Crippen molar-refractivity contribution in [1.82, 2.24) is 14.5 Å². The van der Waals surface area contributed by atoms with Crippen LogP contribution >= 0.6 is 24.0 Å². The molecular weight excluding hydrogens is 389 g/mol. The van der Waals surface area contributed by atoms with Gasteiger partial charge < -0.3 is 15.2 Å². The van der Waals surface area contributed by atoms with Gasteiger partial charge >= 0.3 is 0 Å². The van der Waals surface area contributed by atoms with Gasteiger partial charge in [0.15, 0.2) is 5.96 Å². The second kappa shape index (κ2) is 9.45. The van der Waals surface area contributed by atoms with Crippen LogP contribution in [0.4, 0.5) is 0 Å². The molecule has 0 unspecified atom stereocenters. The van der Waals surface area contributed by atoms with Crippen LogP contribution in [0, 0.1) is 0 Å². The van der Waals surface area contributed by atoms with Crippen LogP contribution in [-0.2, 0) is 13.1 Å². The molecule has 2 N–H and O–H groups in total. The molecule has 2 aromatic rings. The summed E-state index contributed by atoms with van der Waals surface area (Å²) in [6, 6.07) is 10.3. The fourth-order valence-electron chi connectivity index (χ4n) is 2.22. The zero-order valence-electron chi connectivity index (χ0n) is 13.1. The van der Waals surface area contributed by atoms with E-state index in [-0.39, 0.29) is 24.0 Å². The normalized spacial score (nSPS) is 11.1. The average Bonchev–Trinajstić information content (AvgIpc) is 2.94. The number of benzene rings is 1. The molecule has 0 saturated carbocycles. The summed E-state index contributed by atoms with van der Waals surface area (Å²) < 4.78 is 2.11. The third-order valence-corrected chi connectivity index (χ3v) is 3.47. The van der Waals surface area contributed by atoms with Gasteiger partial charge in [0.2, 0.25) is 0 Å². The quantitative estimate of drug-likeness (QED) is 0.450. The van der Waals surface area contributed by atoms with E-state index in [4.69, 9.17) is 5.73 Å². The molecule has 0 atom stereocenters. The van der Waals surface area contributed by atoms with Crippen molar-refractivity contribution in [2.24, 2.45) is 10.7 Å². The Kier molecular flexibility index (Phi) is 7.94. The number of aromatic nitrogens is 2. The van der Waals surface area contributed by atoms with E-state index in [1.165, 1.54) is 5.56 Å². The van der Waals surface area contributed by atoms with Gasteiger partial charge in [-0.25, -0.2) is 9.98 Å². The van der Waals surface area contributed by atoms with Gasteiger partial charge in [0, 0.05) is 32.0 Å². The lowest BCUT2D eigenvalue weighted by molar-refractivity contribution is 0.457. The van der Waals surface area contributed by atoms with E-state index in [0.29, 0.717) is 12.5 Å². The second-order valence-corrected chi connectivity index (χ2v) is 4.80. The smallest absolute Gasteiger partial charge is 0.191 e. The maximum absolute atomic E-state index is 6.00. The van der Waals surface area contributed by atoms with Gasteiger partial charge in [-0.1, -0.05) is 30.3 Å². The van der Waals surface area contributed by atoms with Crippen molar-refractivity contribution in [3.8, 4) is 0 Å². The summed E-state index contributed by atoms with van der Waals surface area (Å²) in [4.78, 5) is 10.9. The molecule has 1 aromatic heterocycles. The molecule has 0 fully saturated rings. The molecule has 0 spiro atoms. The molecule has 1 heterocycles. The van der Waals surface area contributed by atoms with Crippen LogP contribution in [0.1, 0.15) is 25.2 Å². The molecule has 0 aliphatic carbocycles. The highest BCUT2D eigenvalue weighted by molar-refractivity contribution is 14.0. The van der Waals surface area contributed by atoms with Gasteiger partial charge in [0.25, 0.3) is 0 Å². The maximum atomic E-state index is 6.00. The molecule has 2 rings (SSSR count). The highest BCUT2D eigenvalue weighted by Gasteiger charge is 2.05. The van der Waals surface area contributed by atoms with Crippen molar-refractivity contribution < 1.29 is 0 Å². The van der Waals surface area contributed by atoms with Crippen LogP contribution in [-0.4, -0.2) is 33.5 Å². The number of halogens is 1. The van der Waals surface area contributed by atoms with E-state index in [1.54, 1.807) is 6.20 Å². The number of guanidine groups is 1. The van der Waals surface area contributed by atoms with Crippen molar-refractivity contribution in [3.63, 3.8) is 0 Å². The number of rotatable bonds is 6. The Bertz CT molecular complexity index is 575. The minimum atomic E-state index is 0. The minimum absolute atomic E-state index is 0. The Labute approximate surface area is 149 Å². The SMILES string of the molecule is CCN(CC)C(N)=NCc1nccn1Cc1ccccc1.I. The molecule has 0 aliphatic rings. The number of aliphatic imine (C=N–C) groups is 1. The van der Waals surface area contributed by atoms with Crippen molar-refractivity contribution in [2.45, 2.75) is 26.9 Å². The van der Waals surface area contributed by atoms with Crippen LogP contribution in [0.25, 0.3) is 0 Å². The van der Waals surface area contributed by atoms with Crippen molar-refractivity contribution in [3.05, 3.63) is 54.1 Å². The third-order valence-electron chi connectivity index (χ3n) is 3.47. The molecule has 120 valence electrons. The van der Waals surface area contributed by atoms with Gasteiger partial charge in [-0.3, -0.25) is 0 Å². The van der Waals surface area contributed by atoms with Crippen molar-refractivity contribution >= 4 is 29.9 Å². The summed E-state index contributed by atoms with van der Waals surface area (Å²) >= 11 is 0. The van der Waals surface area contributed by atoms with Crippen LogP contribution < -0.4 is 5.73 Å². The van der Waals surface area contributed by atoms with E-state index >= 15 is 0 Å². The maximum Gasteiger partial charge on any atom is 0.191 e. The van der Waals surface area contributed by atoms with Crippen LogP contribution in [0.3, 0.4) is 0 Å². The summed E-state index contributed by atoms with van der Waals surface area (Å²) in [6.07, 6.45) is 3.78. The Hall–Kier alpha value is -1.57. The van der Waals surface area contributed by atoms with Gasteiger partial charge in [0.1, 0.15) is 12.4 Å². The predicted molar refractivity (Wildman–Crippen MR) is 101 cm³/mol. The number of hydrogen-bond acceptors (Lipinski definition) is 2. The van der Waals surface area contributed by atoms with E-state index in [2.05, 4.69) is 40.5 Å². The van der Waals surface area contributed by atoms with Crippen LogP contribution in [0.15, 0.2) is 47.7 Å². The molecule has 1 aromatic carbocycles. The fourth-order valence-corrected chi connectivity index (χ4v) is 2.22. The standard InChI is InChI=1S/C16H23N5.HI/c1-3-20(4-2)16(17)19-12-15-18-10-11-21(15)13-14-8-6-5-7-9-14;/h5-11H,3-4,12-13H2,1-2H3,(H2,17,19);1H. The van der Waals surface area contributed by atoms with E-state index < -0.39 is 0 Å². The molecule has 22 heavy (non-hydrogen) atoms. The minimum Gasteiger partial charge on any atom is -0.370 e. The Morgan fingerprint density at radius 2 is 1.91 bits per heavy atom. The van der Waals surface area contributed by atoms with Crippen molar-refractivity contribution in [1.29, 1.82) is 0 Å². The highest BCUT2D eigenvalue weighted by Crippen LogP contribution is 2.06. The van der Waals surface area contributed by atoms with Gasteiger partial charge in [0.05, 0.1) is 0 Å². The first-order valence-electron chi connectivity index (χ1n) is 7.33. The largest absolute Gasteiger partial charge is 0.370 e. The molecule has 0 radical (unpaired) electrons. The van der Waals surface area contributed by atoms with E-state index in [9.17, 15) is 0 Å². The summed E-state index contributed by atoms with van der Waals surface area (Å²) in [7, 11) is 0. The first-order chi connectivity index (χ1) is 10.2. The van der Waals surface area contributed by atoms with E-state index in [1.807, 2.05) is 29.3 Å². The second-order valence-electron chi connectivity index (χ2n) is 4.80. The average molecular weight is 413 g/mol. The lowest BCUT2D eigenvalue weighted by Gasteiger charge is -2.19. The Morgan fingerprint density at radius 3 is 2.55 bits per heavy atom. The Morgan fingerprint density at radius 1 is 1.23 bits per heavy atom. The number of hydrogen-bond donors (Lipinski definition) is 1. The summed E-state index contributed by atoms with van der Waals surface area (Å²) in [5, 5.41) is 0. The highest BCUT2D eigenvalue weighted by atomic mass is 127. The molecular formula is C16H24IN5. The predicted octanol–water partition coefficient (Wildman–Crippen LogP) is 2.71. The van der Waals surface area contributed by atoms with Crippen LogP contribution in [0.2, 0.25) is 0 Å². The molecule has 0 aliphatic heterocycles. The fraction of sp³-hybridized carbons (Fsp3) is 0.375. The van der Waals surface area contributed by atoms with Crippen LogP contribution in [0.5, 0.6) is 0 Å². The third kappa shape index (κ3) is 5.01. The Balaban J connectivity index is 0.00000242. The molecule has 5 nitrogen and oxygen atoms in total. The van der Waals surface area contributed by atoms with E-state index in [0.717, 1.165) is 25.5 Å². The molecule has 0 saturated heterocycles. The van der Waals surface area contributed by atoms with Crippen molar-refractivity contribution in [2.75, 3.05) is 13.1 Å². The van der Waals surface area contributed by atoms with Gasteiger partial charge in [-0.15, -0.1) is 24.0 Å².